The number of rotatable bonds is 2. The minimum absolute atomic E-state index is 0.0237. The maximum absolute atomic E-state index is 12.6. The molecule has 0 bridgehead atoms. The number of amides is 2. The Morgan fingerprint density at radius 2 is 1.50 bits per heavy atom. The highest BCUT2D eigenvalue weighted by molar-refractivity contribution is 6.33. The van der Waals surface area contributed by atoms with Gasteiger partial charge in [-0.15, -0.1) is 0 Å². The average molecular weight is 344 g/mol. The van der Waals surface area contributed by atoms with Crippen molar-refractivity contribution in [3.05, 3.63) is 64.9 Å². The number of aromatic nitrogens is 1. The fraction of sp³-hybridized carbons (Fsp3) is 0.278. The molecule has 0 N–H and O–H groups in total. The fourth-order valence-corrected chi connectivity index (χ4v) is 3.02. The molecule has 1 saturated heterocycles. The van der Waals surface area contributed by atoms with Crippen molar-refractivity contribution >= 4 is 23.4 Å². The third kappa shape index (κ3) is 3.57. The Balaban J connectivity index is 1.68. The highest BCUT2D eigenvalue weighted by Gasteiger charge is 2.24. The van der Waals surface area contributed by atoms with Crippen LogP contribution in [0.4, 0.5) is 0 Å². The van der Waals surface area contributed by atoms with Crippen LogP contribution < -0.4 is 0 Å². The molecule has 124 valence electrons. The van der Waals surface area contributed by atoms with Crippen LogP contribution in [0.5, 0.6) is 0 Å². The van der Waals surface area contributed by atoms with Gasteiger partial charge in [0.25, 0.3) is 11.8 Å². The van der Waals surface area contributed by atoms with E-state index in [1.807, 2.05) is 0 Å². The second kappa shape index (κ2) is 7.45. The van der Waals surface area contributed by atoms with Crippen molar-refractivity contribution in [2.75, 3.05) is 26.2 Å². The predicted molar refractivity (Wildman–Crippen MR) is 92.1 cm³/mol. The van der Waals surface area contributed by atoms with E-state index < -0.39 is 0 Å². The van der Waals surface area contributed by atoms with Crippen LogP contribution in [0.25, 0.3) is 0 Å². The number of hydrogen-bond donors (Lipinski definition) is 0. The Hall–Kier alpha value is -2.40. The van der Waals surface area contributed by atoms with E-state index in [2.05, 4.69) is 4.98 Å². The lowest BCUT2D eigenvalue weighted by atomic mass is 10.2. The van der Waals surface area contributed by atoms with Gasteiger partial charge in [0.15, 0.2) is 0 Å². The van der Waals surface area contributed by atoms with Gasteiger partial charge in [0.2, 0.25) is 0 Å². The summed E-state index contributed by atoms with van der Waals surface area (Å²) in [6.45, 7) is 2.26. The van der Waals surface area contributed by atoms with Crippen LogP contribution in [0, 0.1) is 0 Å². The van der Waals surface area contributed by atoms with E-state index in [9.17, 15) is 9.59 Å². The quantitative estimate of drug-likeness (QED) is 0.842. The van der Waals surface area contributed by atoms with Crippen molar-refractivity contribution < 1.29 is 9.59 Å². The first-order valence-corrected chi connectivity index (χ1v) is 8.28. The molecule has 1 aliphatic rings. The maximum Gasteiger partial charge on any atom is 0.255 e. The van der Waals surface area contributed by atoms with Gasteiger partial charge >= 0.3 is 0 Å². The lowest BCUT2D eigenvalue weighted by molar-refractivity contribution is 0.0719. The summed E-state index contributed by atoms with van der Waals surface area (Å²) in [5.74, 6) is -0.108. The number of carbonyl (C=O) groups excluding carboxylic acids is 2. The van der Waals surface area contributed by atoms with Crippen molar-refractivity contribution in [2.45, 2.75) is 6.42 Å². The van der Waals surface area contributed by atoms with Crippen LogP contribution >= 0.6 is 11.6 Å². The van der Waals surface area contributed by atoms with Crippen LogP contribution in [-0.4, -0.2) is 52.8 Å². The smallest absolute Gasteiger partial charge is 0.255 e. The largest absolute Gasteiger partial charge is 0.337 e. The van der Waals surface area contributed by atoms with Gasteiger partial charge in [-0.3, -0.25) is 14.6 Å². The summed E-state index contributed by atoms with van der Waals surface area (Å²) in [5.41, 5.74) is 1.13. The van der Waals surface area contributed by atoms with Gasteiger partial charge in [-0.25, -0.2) is 0 Å². The van der Waals surface area contributed by atoms with Gasteiger partial charge < -0.3 is 9.80 Å². The fourth-order valence-electron chi connectivity index (χ4n) is 2.81. The van der Waals surface area contributed by atoms with E-state index in [-0.39, 0.29) is 11.8 Å². The van der Waals surface area contributed by atoms with Crippen LogP contribution in [0.2, 0.25) is 5.02 Å². The molecule has 1 aromatic carbocycles. The molecule has 0 atom stereocenters. The van der Waals surface area contributed by atoms with Crippen molar-refractivity contribution in [3.8, 4) is 0 Å². The van der Waals surface area contributed by atoms with E-state index in [4.69, 9.17) is 11.6 Å². The van der Waals surface area contributed by atoms with Crippen molar-refractivity contribution in [1.29, 1.82) is 0 Å². The normalized spacial score (nSPS) is 15.0. The molecule has 0 radical (unpaired) electrons. The molecule has 5 nitrogen and oxygen atoms in total. The van der Waals surface area contributed by atoms with E-state index in [1.54, 1.807) is 58.6 Å². The van der Waals surface area contributed by atoms with Gasteiger partial charge in [0.05, 0.1) is 10.6 Å². The number of pyridine rings is 1. The average Bonchev–Trinajstić information content (AvgIpc) is 2.88. The summed E-state index contributed by atoms with van der Waals surface area (Å²) in [5, 5.41) is 0.455. The van der Waals surface area contributed by atoms with E-state index in [1.165, 1.54) is 0 Å². The SMILES string of the molecule is O=C(c1ccncc1)N1CCCN(C(=O)c2ccccc2Cl)CC1. The first kappa shape index (κ1) is 16.5. The van der Waals surface area contributed by atoms with Crippen LogP contribution in [0.15, 0.2) is 48.8 Å². The summed E-state index contributed by atoms with van der Waals surface area (Å²) in [6.07, 6.45) is 3.96. The molecule has 3 rings (SSSR count). The van der Waals surface area contributed by atoms with Crippen LogP contribution in [0.1, 0.15) is 27.1 Å². The third-order valence-electron chi connectivity index (χ3n) is 4.10. The van der Waals surface area contributed by atoms with Crippen molar-refractivity contribution in [2.24, 2.45) is 0 Å². The summed E-state index contributed by atoms with van der Waals surface area (Å²) < 4.78 is 0. The molecule has 0 aliphatic carbocycles. The second-order valence-corrected chi connectivity index (χ2v) is 6.06. The van der Waals surface area contributed by atoms with E-state index >= 15 is 0 Å². The zero-order valence-corrected chi connectivity index (χ0v) is 13.9. The van der Waals surface area contributed by atoms with E-state index in [0.717, 1.165) is 6.42 Å². The Kier molecular flexibility index (Phi) is 5.11. The Morgan fingerprint density at radius 1 is 0.875 bits per heavy atom. The molecule has 24 heavy (non-hydrogen) atoms. The van der Waals surface area contributed by atoms with Crippen molar-refractivity contribution in [3.63, 3.8) is 0 Å². The lowest BCUT2D eigenvalue weighted by Crippen LogP contribution is -2.37. The molecular formula is C18H18ClN3O2. The molecule has 0 saturated carbocycles. The van der Waals surface area contributed by atoms with Crippen LogP contribution in [0.3, 0.4) is 0 Å². The molecule has 0 spiro atoms. The third-order valence-corrected chi connectivity index (χ3v) is 4.43. The number of benzene rings is 1. The van der Waals surface area contributed by atoms with Crippen molar-refractivity contribution in [1.82, 2.24) is 14.8 Å². The minimum Gasteiger partial charge on any atom is -0.337 e. The number of halogens is 1. The predicted octanol–water partition coefficient (Wildman–Crippen LogP) is 2.72. The van der Waals surface area contributed by atoms with Crippen LogP contribution in [-0.2, 0) is 0 Å². The number of carbonyl (C=O) groups is 2. The standard InChI is InChI=1S/C18H18ClN3O2/c19-16-5-2-1-4-15(16)18(24)22-11-3-10-21(12-13-22)17(23)14-6-8-20-9-7-14/h1-2,4-9H,3,10-13H2. The molecule has 0 unspecified atom stereocenters. The lowest BCUT2D eigenvalue weighted by Gasteiger charge is -2.22. The molecule has 2 amide bonds. The minimum atomic E-state index is -0.0844. The van der Waals surface area contributed by atoms with Gasteiger partial charge in [-0.2, -0.15) is 0 Å². The Bertz CT molecular complexity index is 736. The molecule has 6 heteroatoms. The summed E-state index contributed by atoms with van der Waals surface area (Å²) in [7, 11) is 0. The zero-order chi connectivity index (χ0) is 16.9. The maximum atomic E-state index is 12.6. The summed E-state index contributed by atoms with van der Waals surface area (Å²) in [6, 6.07) is 10.5. The Morgan fingerprint density at radius 3 is 2.17 bits per heavy atom. The zero-order valence-electron chi connectivity index (χ0n) is 13.2. The second-order valence-electron chi connectivity index (χ2n) is 5.65. The first-order valence-electron chi connectivity index (χ1n) is 7.90. The molecular weight excluding hydrogens is 326 g/mol. The molecule has 1 aliphatic heterocycles. The first-order chi connectivity index (χ1) is 11.7. The number of hydrogen-bond acceptors (Lipinski definition) is 3. The summed E-state index contributed by atoms with van der Waals surface area (Å²) in [4.78, 5) is 32.7. The molecule has 2 heterocycles. The molecule has 1 aromatic heterocycles. The topological polar surface area (TPSA) is 53.5 Å². The highest BCUT2D eigenvalue weighted by Crippen LogP contribution is 2.18. The monoisotopic (exact) mass is 343 g/mol. The number of nitrogens with zero attached hydrogens (tertiary/aromatic N) is 3. The van der Waals surface area contributed by atoms with Gasteiger partial charge in [-0.05, 0) is 30.7 Å². The highest BCUT2D eigenvalue weighted by atomic mass is 35.5. The molecule has 1 fully saturated rings. The summed E-state index contributed by atoms with van der Waals surface area (Å²) >= 11 is 6.12. The van der Waals surface area contributed by atoms with Gasteiger partial charge in [0, 0.05) is 44.1 Å². The van der Waals surface area contributed by atoms with Gasteiger partial charge in [-0.1, -0.05) is 23.7 Å². The molecule has 2 aromatic rings. The van der Waals surface area contributed by atoms with Gasteiger partial charge in [0.1, 0.15) is 0 Å². The Labute approximate surface area is 145 Å². The van der Waals surface area contributed by atoms with E-state index in [0.29, 0.717) is 42.3 Å².